The maximum Gasteiger partial charge on any atom is 0.227 e. The highest BCUT2D eigenvalue weighted by molar-refractivity contribution is 5.78. The maximum absolute atomic E-state index is 11.9. The summed E-state index contributed by atoms with van der Waals surface area (Å²) in [5.41, 5.74) is 5.55. The Morgan fingerprint density at radius 1 is 1.56 bits per heavy atom. The van der Waals surface area contributed by atoms with Gasteiger partial charge in [-0.15, -0.1) is 0 Å². The molecule has 0 aliphatic carbocycles. The summed E-state index contributed by atoms with van der Waals surface area (Å²) < 4.78 is 5.43. The number of amides is 1. The molecule has 4 heteroatoms. The van der Waals surface area contributed by atoms with Gasteiger partial charge in [0, 0.05) is 13.6 Å². The number of carbonyl (C=O) groups is 1. The molecule has 0 aromatic carbocycles. The Morgan fingerprint density at radius 3 is 2.69 bits per heavy atom. The van der Waals surface area contributed by atoms with Gasteiger partial charge in [0.1, 0.15) is 11.5 Å². The lowest BCUT2D eigenvalue weighted by molar-refractivity contribution is -0.134. The lowest BCUT2D eigenvalue weighted by atomic mass is 10.1. The predicted octanol–water partition coefficient (Wildman–Crippen LogP) is 1.53. The number of nitrogens with two attached hydrogens (primary N) is 1. The average molecular weight is 224 g/mol. The number of hydrogen-bond donors (Lipinski definition) is 1. The van der Waals surface area contributed by atoms with Crippen LogP contribution < -0.4 is 5.73 Å². The summed E-state index contributed by atoms with van der Waals surface area (Å²) in [5, 5.41) is 0. The summed E-state index contributed by atoms with van der Waals surface area (Å²) in [6.07, 6.45) is 0.775. The van der Waals surface area contributed by atoms with E-state index in [9.17, 15) is 4.79 Å². The highest BCUT2D eigenvalue weighted by Gasteiger charge is 2.19. The van der Waals surface area contributed by atoms with Gasteiger partial charge in [-0.2, -0.15) is 0 Å². The third-order valence-electron chi connectivity index (χ3n) is 2.69. The molecule has 0 fully saturated rings. The number of furan rings is 1. The normalized spacial score (nSPS) is 12.5. The van der Waals surface area contributed by atoms with Crippen LogP contribution in [0, 0.1) is 12.8 Å². The van der Waals surface area contributed by atoms with Crippen LogP contribution >= 0.6 is 0 Å². The molecule has 1 atom stereocenters. The van der Waals surface area contributed by atoms with Crippen LogP contribution in [-0.4, -0.2) is 24.4 Å². The molecule has 1 aromatic rings. The van der Waals surface area contributed by atoms with Crippen LogP contribution in [0.2, 0.25) is 0 Å². The van der Waals surface area contributed by atoms with E-state index in [0.717, 1.165) is 17.9 Å². The summed E-state index contributed by atoms with van der Waals surface area (Å²) >= 11 is 0. The number of hydrogen-bond acceptors (Lipinski definition) is 3. The number of aryl methyl sites for hydroxylation is 1. The van der Waals surface area contributed by atoms with Gasteiger partial charge in [-0.3, -0.25) is 4.79 Å². The quantitative estimate of drug-likeness (QED) is 0.825. The summed E-state index contributed by atoms with van der Waals surface area (Å²) in [7, 11) is 1.78. The van der Waals surface area contributed by atoms with E-state index >= 15 is 0 Å². The van der Waals surface area contributed by atoms with Crippen molar-refractivity contribution in [2.45, 2.75) is 26.8 Å². The van der Waals surface area contributed by atoms with E-state index in [2.05, 4.69) is 0 Å². The molecule has 2 N–H and O–H groups in total. The minimum atomic E-state index is -0.0824. The molecule has 1 unspecified atom stereocenters. The summed E-state index contributed by atoms with van der Waals surface area (Å²) in [6, 6.07) is 3.79. The van der Waals surface area contributed by atoms with Crippen molar-refractivity contribution in [3.63, 3.8) is 0 Å². The van der Waals surface area contributed by atoms with Gasteiger partial charge < -0.3 is 15.1 Å². The summed E-state index contributed by atoms with van der Waals surface area (Å²) in [4.78, 5) is 13.6. The highest BCUT2D eigenvalue weighted by atomic mass is 16.3. The molecule has 1 amide bonds. The third-order valence-corrected chi connectivity index (χ3v) is 2.69. The lowest BCUT2D eigenvalue weighted by Crippen LogP contribution is -2.35. The second-order valence-electron chi connectivity index (χ2n) is 4.05. The molecule has 90 valence electrons. The Bertz CT molecular complexity index is 343. The number of rotatable bonds is 5. The minimum Gasteiger partial charge on any atom is -0.464 e. The Morgan fingerprint density at radius 2 is 2.25 bits per heavy atom. The van der Waals surface area contributed by atoms with Crippen molar-refractivity contribution < 1.29 is 9.21 Å². The molecule has 1 aromatic heterocycles. The van der Waals surface area contributed by atoms with Gasteiger partial charge in [-0.05, 0) is 25.5 Å². The van der Waals surface area contributed by atoms with Gasteiger partial charge in [0.2, 0.25) is 5.91 Å². The second-order valence-corrected chi connectivity index (χ2v) is 4.05. The van der Waals surface area contributed by atoms with Gasteiger partial charge in [0.05, 0.1) is 12.5 Å². The molecular weight excluding hydrogens is 204 g/mol. The summed E-state index contributed by atoms with van der Waals surface area (Å²) in [5.74, 6) is 1.67. The molecule has 0 saturated carbocycles. The second kappa shape index (κ2) is 5.70. The fraction of sp³-hybridized carbons (Fsp3) is 0.583. The molecule has 1 heterocycles. The van der Waals surface area contributed by atoms with E-state index in [4.69, 9.17) is 10.2 Å². The fourth-order valence-electron chi connectivity index (χ4n) is 1.64. The van der Waals surface area contributed by atoms with Crippen LogP contribution in [-0.2, 0) is 11.3 Å². The standard InChI is InChI=1S/C12H20N2O2/c1-4-10(7-13)12(15)14(3)8-11-6-5-9(2)16-11/h5-6,10H,4,7-8,13H2,1-3H3. The smallest absolute Gasteiger partial charge is 0.227 e. The average Bonchev–Trinajstić information content (AvgIpc) is 2.65. The molecule has 0 saturated heterocycles. The van der Waals surface area contributed by atoms with E-state index < -0.39 is 0 Å². The van der Waals surface area contributed by atoms with Crippen LogP contribution in [0.5, 0.6) is 0 Å². The molecule has 4 nitrogen and oxygen atoms in total. The zero-order chi connectivity index (χ0) is 12.1. The Kier molecular flexibility index (Phi) is 4.55. The van der Waals surface area contributed by atoms with Crippen molar-refractivity contribution >= 4 is 5.91 Å². The van der Waals surface area contributed by atoms with Gasteiger partial charge >= 0.3 is 0 Å². The SMILES string of the molecule is CCC(CN)C(=O)N(C)Cc1ccc(C)o1. The van der Waals surface area contributed by atoms with Gasteiger partial charge in [0.15, 0.2) is 0 Å². The van der Waals surface area contributed by atoms with Crippen molar-refractivity contribution in [3.8, 4) is 0 Å². The van der Waals surface area contributed by atoms with Gasteiger partial charge in [-0.25, -0.2) is 0 Å². The Labute approximate surface area is 96.4 Å². The lowest BCUT2D eigenvalue weighted by Gasteiger charge is -2.21. The third kappa shape index (κ3) is 3.10. The van der Waals surface area contributed by atoms with Crippen molar-refractivity contribution in [1.82, 2.24) is 4.90 Å². The first-order valence-electron chi connectivity index (χ1n) is 5.58. The van der Waals surface area contributed by atoms with Crippen LogP contribution in [0.25, 0.3) is 0 Å². The molecule has 0 aliphatic heterocycles. The molecule has 0 radical (unpaired) electrons. The molecule has 1 rings (SSSR count). The van der Waals surface area contributed by atoms with Crippen LogP contribution in [0.15, 0.2) is 16.5 Å². The molecule has 0 spiro atoms. The van der Waals surface area contributed by atoms with E-state index in [1.165, 1.54) is 0 Å². The summed E-state index contributed by atoms with van der Waals surface area (Å²) in [6.45, 7) is 4.76. The monoisotopic (exact) mass is 224 g/mol. The number of nitrogens with zero attached hydrogens (tertiary/aromatic N) is 1. The van der Waals surface area contributed by atoms with Crippen molar-refractivity contribution in [2.75, 3.05) is 13.6 Å². The predicted molar refractivity (Wildman–Crippen MR) is 62.8 cm³/mol. The van der Waals surface area contributed by atoms with E-state index in [1.807, 2.05) is 26.0 Å². The van der Waals surface area contributed by atoms with Crippen LogP contribution in [0.4, 0.5) is 0 Å². The topological polar surface area (TPSA) is 59.5 Å². The van der Waals surface area contributed by atoms with Crippen molar-refractivity contribution in [1.29, 1.82) is 0 Å². The van der Waals surface area contributed by atoms with Gasteiger partial charge in [-0.1, -0.05) is 6.92 Å². The molecule has 16 heavy (non-hydrogen) atoms. The van der Waals surface area contributed by atoms with Crippen LogP contribution in [0.1, 0.15) is 24.9 Å². The molecule has 0 bridgehead atoms. The Balaban J connectivity index is 2.57. The van der Waals surface area contributed by atoms with E-state index in [1.54, 1.807) is 11.9 Å². The van der Waals surface area contributed by atoms with Crippen LogP contribution in [0.3, 0.4) is 0 Å². The van der Waals surface area contributed by atoms with Crippen molar-refractivity contribution in [3.05, 3.63) is 23.7 Å². The number of carbonyl (C=O) groups excluding carboxylic acids is 1. The van der Waals surface area contributed by atoms with E-state index in [0.29, 0.717) is 13.1 Å². The first kappa shape index (κ1) is 12.8. The minimum absolute atomic E-state index is 0.0824. The first-order valence-corrected chi connectivity index (χ1v) is 5.58. The maximum atomic E-state index is 11.9. The van der Waals surface area contributed by atoms with Crippen molar-refractivity contribution in [2.24, 2.45) is 11.7 Å². The molecule has 0 aliphatic rings. The first-order chi connectivity index (χ1) is 7.58. The van der Waals surface area contributed by atoms with E-state index in [-0.39, 0.29) is 11.8 Å². The highest BCUT2D eigenvalue weighted by Crippen LogP contribution is 2.11. The fourth-order valence-corrected chi connectivity index (χ4v) is 1.64. The zero-order valence-corrected chi connectivity index (χ0v) is 10.2. The molecular formula is C12H20N2O2. The zero-order valence-electron chi connectivity index (χ0n) is 10.2. The van der Waals surface area contributed by atoms with Gasteiger partial charge in [0.25, 0.3) is 0 Å². The Hall–Kier alpha value is -1.29. The largest absolute Gasteiger partial charge is 0.464 e.